The van der Waals surface area contributed by atoms with Crippen molar-refractivity contribution in [2.24, 2.45) is 11.1 Å². The molecule has 0 aromatic heterocycles. The molecule has 3 N–H and O–H groups in total. The van der Waals surface area contributed by atoms with Gasteiger partial charge in [0.25, 0.3) is 0 Å². The summed E-state index contributed by atoms with van der Waals surface area (Å²) < 4.78 is 33.9. The first-order valence-corrected chi connectivity index (χ1v) is 6.34. The molecule has 0 saturated carbocycles. The number of halogens is 2. The molecule has 0 radical (unpaired) electrons. The largest absolute Gasteiger partial charge is 0.493 e. The SMILES string of the molecule is COc1ccc(NC(=O)[C@@H](N)C(C)(C)C)cc1OC(F)F. The highest BCUT2D eigenvalue weighted by Crippen LogP contribution is 2.31. The third-order valence-electron chi connectivity index (χ3n) is 2.86. The van der Waals surface area contributed by atoms with E-state index in [1.165, 1.54) is 25.3 Å². The van der Waals surface area contributed by atoms with Crippen molar-refractivity contribution in [1.29, 1.82) is 0 Å². The molecule has 1 amide bonds. The number of hydrogen-bond acceptors (Lipinski definition) is 4. The number of rotatable bonds is 5. The van der Waals surface area contributed by atoms with Gasteiger partial charge >= 0.3 is 6.61 Å². The lowest BCUT2D eigenvalue weighted by Gasteiger charge is -2.25. The fourth-order valence-corrected chi connectivity index (χ4v) is 1.56. The summed E-state index contributed by atoms with van der Waals surface area (Å²) >= 11 is 0. The number of nitrogens with one attached hydrogen (secondary N) is 1. The van der Waals surface area contributed by atoms with Crippen molar-refractivity contribution in [3.05, 3.63) is 18.2 Å². The Labute approximate surface area is 122 Å². The van der Waals surface area contributed by atoms with Crippen molar-refractivity contribution in [2.75, 3.05) is 12.4 Å². The van der Waals surface area contributed by atoms with Crippen LogP contribution < -0.4 is 20.5 Å². The van der Waals surface area contributed by atoms with E-state index in [0.717, 1.165) is 0 Å². The van der Waals surface area contributed by atoms with Gasteiger partial charge in [0.15, 0.2) is 11.5 Å². The first-order chi connectivity index (χ1) is 9.65. The summed E-state index contributed by atoms with van der Waals surface area (Å²) in [5, 5.41) is 2.57. The second-order valence-electron chi connectivity index (χ2n) is 5.58. The molecule has 0 saturated heterocycles. The Morgan fingerprint density at radius 3 is 2.38 bits per heavy atom. The van der Waals surface area contributed by atoms with Crippen LogP contribution in [0.5, 0.6) is 11.5 Å². The molecule has 0 heterocycles. The number of hydrogen-bond donors (Lipinski definition) is 2. The molecule has 118 valence electrons. The van der Waals surface area contributed by atoms with Crippen molar-refractivity contribution in [2.45, 2.75) is 33.4 Å². The summed E-state index contributed by atoms with van der Waals surface area (Å²) in [5.74, 6) is -0.418. The van der Waals surface area contributed by atoms with Gasteiger partial charge in [0.1, 0.15) is 0 Å². The van der Waals surface area contributed by atoms with Crippen molar-refractivity contribution >= 4 is 11.6 Å². The zero-order chi connectivity index (χ0) is 16.2. The molecule has 0 bridgehead atoms. The molecule has 0 aliphatic rings. The van der Waals surface area contributed by atoms with E-state index >= 15 is 0 Å². The maximum atomic E-state index is 12.3. The summed E-state index contributed by atoms with van der Waals surface area (Å²) in [6.07, 6.45) is 0. The first-order valence-electron chi connectivity index (χ1n) is 6.34. The number of methoxy groups -OCH3 is 1. The lowest BCUT2D eigenvalue weighted by molar-refractivity contribution is -0.119. The van der Waals surface area contributed by atoms with Crippen LogP contribution in [-0.4, -0.2) is 25.7 Å². The highest BCUT2D eigenvalue weighted by Gasteiger charge is 2.27. The molecule has 1 atom stereocenters. The molecule has 5 nitrogen and oxygen atoms in total. The Hall–Kier alpha value is -1.89. The maximum absolute atomic E-state index is 12.3. The van der Waals surface area contributed by atoms with Crippen LogP contribution in [0.1, 0.15) is 20.8 Å². The second kappa shape index (κ2) is 6.71. The van der Waals surface area contributed by atoms with E-state index in [4.69, 9.17) is 10.5 Å². The Balaban J connectivity index is 2.92. The lowest BCUT2D eigenvalue weighted by Crippen LogP contribution is -2.45. The number of nitrogens with two attached hydrogens (primary N) is 1. The van der Waals surface area contributed by atoms with Crippen LogP contribution in [0.25, 0.3) is 0 Å². The molecule has 0 aliphatic heterocycles. The summed E-state index contributed by atoms with van der Waals surface area (Å²) in [6, 6.07) is 3.47. The number of anilines is 1. The minimum absolute atomic E-state index is 0.147. The van der Waals surface area contributed by atoms with Crippen LogP contribution in [0.3, 0.4) is 0 Å². The highest BCUT2D eigenvalue weighted by molar-refractivity contribution is 5.95. The molecule has 0 fully saturated rings. The van der Waals surface area contributed by atoms with E-state index < -0.39 is 24.0 Å². The third-order valence-corrected chi connectivity index (χ3v) is 2.86. The van der Waals surface area contributed by atoms with Crippen LogP contribution in [0.15, 0.2) is 18.2 Å². The molecule has 21 heavy (non-hydrogen) atoms. The summed E-state index contributed by atoms with van der Waals surface area (Å²) in [7, 11) is 1.33. The summed E-state index contributed by atoms with van der Waals surface area (Å²) in [6.45, 7) is 2.51. The second-order valence-corrected chi connectivity index (χ2v) is 5.58. The zero-order valence-electron chi connectivity index (χ0n) is 12.4. The standard InChI is InChI=1S/C14H20F2N2O3/c1-14(2,3)11(17)12(19)18-8-5-6-9(20-4)10(7-8)21-13(15)16/h5-7,11,13H,17H2,1-4H3,(H,18,19)/t11-/m1/s1. The fourth-order valence-electron chi connectivity index (χ4n) is 1.56. The molecular weight excluding hydrogens is 282 g/mol. The van der Waals surface area contributed by atoms with Crippen LogP contribution in [-0.2, 0) is 4.79 Å². The van der Waals surface area contributed by atoms with Gasteiger partial charge in [0.05, 0.1) is 13.2 Å². The van der Waals surface area contributed by atoms with Crippen molar-refractivity contribution in [3.63, 3.8) is 0 Å². The van der Waals surface area contributed by atoms with Gasteiger partial charge in [0, 0.05) is 11.8 Å². The monoisotopic (exact) mass is 302 g/mol. The number of alkyl halides is 2. The summed E-state index contributed by atoms with van der Waals surface area (Å²) in [5.41, 5.74) is 5.71. The van der Waals surface area contributed by atoms with Gasteiger partial charge in [-0.3, -0.25) is 4.79 Å². The molecule has 0 unspecified atom stereocenters. The van der Waals surface area contributed by atoms with Gasteiger partial charge in [-0.05, 0) is 17.5 Å². The molecule has 0 aliphatic carbocycles. The van der Waals surface area contributed by atoms with Gasteiger partial charge in [0.2, 0.25) is 5.91 Å². The van der Waals surface area contributed by atoms with Crippen molar-refractivity contribution < 1.29 is 23.0 Å². The topological polar surface area (TPSA) is 73.6 Å². The molecule has 0 spiro atoms. The number of carbonyl (C=O) groups is 1. The number of ether oxygens (including phenoxy) is 2. The average Bonchev–Trinajstić information content (AvgIpc) is 2.36. The summed E-state index contributed by atoms with van der Waals surface area (Å²) in [4.78, 5) is 12.0. The van der Waals surface area contributed by atoms with Gasteiger partial charge < -0.3 is 20.5 Å². The Kier molecular flexibility index (Phi) is 5.48. The normalized spacial score (nSPS) is 13.0. The van der Waals surface area contributed by atoms with E-state index in [0.29, 0.717) is 5.69 Å². The van der Waals surface area contributed by atoms with Gasteiger partial charge in [-0.15, -0.1) is 0 Å². The Morgan fingerprint density at radius 2 is 1.90 bits per heavy atom. The zero-order valence-corrected chi connectivity index (χ0v) is 12.4. The van der Waals surface area contributed by atoms with Crippen molar-refractivity contribution in [1.82, 2.24) is 0 Å². The molecular formula is C14H20F2N2O3. The van der Waals surface area contributed by atoms with E-state index in [1.54, 1.807) is 0 Å². The lowest BCUT2D eigenvalue weighted by atomic mass is 9.87. The maximum Gasteiger partial charge on any atom is 0.387 e. The highest BCUT2D eigenvalue weighted by atomic mass is 19.3. The molecule has 7 heteroatoms. The van der Waals surface area contributed by atoms with Gasteiger partial charge in [-0.2, -0.15) is 8.78 Å². The molecule has 1 aromatic carbocycles. The molecule has 1 aromatic rings. The van der Waals surface area contributed by atoms with E-state index in [9.17, 15) is 13.6 Å². The van der Waals surface area contributed by atoms with Gasteiger partial charge in [-0.1, -0.05) is 20.8 Å². The predicted octanol–water partition coefficient (Wildman–Crippen LogP) is 2.61. The van der Waals surface area contributed by atoms with Crippen LogP contribution in [0, 0.1) is 5.41 Å². The van der Waals surface area contributed by atoms with Gasteiger partial charge in [-0.25, -0.2) is 0 Å². The van der Waals surface area contributed by atoms with Crippen LogP contribution in [0.2, 0.25) is 0 Å². The molecule has 1 rings (SSSR count). The third kappa shape index (κ3) is 4.86. The van der Waals surface area contributed by atoms with Crippen LogP contribution >= 0.6 is 0 Å². The number of amides is 1. The Bertz CT molecular complexity index is 501. The van der Waals surface area contributed by atoms with Crippen LogP contribution in [0.4, 0.5) is 14.5 Å². The minimum atomic E-state index is -2.98. The predicted molar refractivity (Wildman–Crippen MR) is 75.7 cm³/mol. The quantitative estimate of drug-likeness (QED) is 0.877. The number of benzene rings is 1. The average molecular weight is 302 g/mol. The van der Waals surface area contributed by atoms with E-state index in [2.05, 4.69) is 10.1 Å². The smallest absolute Gasteiger partial charge is 0.387 e. The number of carbonyl (C=O) groups excluding carboxylic acids is 1. The van der Waals surface area contributed by atoms with Crippen molar-refractivity contribution in [3.8, 4) is 11.5 Å². The fraction of sp³-hybridized carbons (Fsp3) is 0.500. The Morgan fingerprint density at radius 1 is 1.29 bits per heavy atom. The van der Waals surface area contributed by atoms with E-state index in [-0.39, 0.29) is 11.5 Å². The van der Waals surface area contributed by atoms with E-state index in [1.807, 2.05) is 20.8 Å². The first kappa shape index (κ1) is 17.2. The minimum Gasteiger partial charge on any atom is -0.493 e.